The third-order valence-corrected chi connectivity index (χ3v) is 15.7. The SMILES string of the molecule is C=C1C[C@@H]2CC[C@]34C[C@@H](O)C(O3)[C@@H]3O[C@H]5CC[C@H](CC(=O)O[C@@H]6[C@@H](C)[C@@H]7O[C@H](CO)[C@H](O)C[C@@H]7O[C@H]6C[C@H]6O[C@@H](CC[C@@H]1O2)C[C@@H](C)C6=C)O[C@@H]5C(O4)C3I. The van der Waals surface area contributed by atoms with Crippen molar-refractivity contribution in [3.8, 4) is 0 Å². The van der Waals surface area contributed by atoms with Gasteiger partial charge in [0, 0.05) is 31.6 Å². The van der Waals surface area contributed by atoms with Gasteiger partial charge in [0.1, 0.15) is 36.6 Å². The summed E-state index contributed by atoms with van der Waals surface area (Å²) in [6.45, 7) is 12.7. The molecule has 0 saturated carbocycles. The Hall–Kier alpha value is -0.760. The highest BCUT2D eigenvalue weighted by atomic mass is 127. The molecule has 3 unspecified atom stereocenters. The summed E-state index contributed by atoms with van der Waals surface area (Å²) in [5, 5.41) is 32.0. The average molecular weight is 887 g/mol. The van der Waals surface area contributed by atoms with Crippen LogP contribution in [0.25, 0.3) is 0 Å². The number of hydrogen-bond acceptors (Lipinski definition) is 13. The molecule has 9 aliphatic heterocycles. The Kier molecular flexibility index (Phi) is 11.3. The second kappa shape index (κ2) is 15.7. The van der Waals surface area contributed by atoms with E-state index in [1.165, 1.54) is 0 Å². The number of rotatable bonds is 1. The van der Waals surface area contributed by atoms with E-state index in [0.29, 0.717) is 44.9 Å². The van der Waals surface area contributed by atoms with Crippen molar-refractivity contribution in [3.05, 3.63) is 24.3 Å². The van der Waals surface area contributed by atoms with Gasteiger partial charge in [0.2, 0.25) is 0 Å². The van der Waals surface area contributed by atoms with Crippen LogP contribution in [0.1, 0.15) is 90.9 Å². The molecule has 9 aliphatic rings. The number of esters is 1. The van der Waals surface area contributed by atoms with Gasteiger partial charge in [-0.15, -0.1) is 0 Å². The fraction of sp³-hybridized carbons (Fsp3) is 0.878. The molecule has 0 amide bonds. The first kappa shape index (κ1) is 39.7. The summed E-state index contributed by atoms with van der Waals surface area (Å²) in [6.07, 6.45) is -0.305. The maximum Gasteiger partial charge on any atom is 0.308 e. The van der Waals surface area contributed by atoms with E-state index in [9.17, 15) is 20.1 Å². The summed E-state index contributed by atoms with van der Waals surface area (Å²) < 4.78 is 59.6. The van der Waals surface area contributed by atoms with Crippen LogP contribution in [0.15, 0.2) is 24.3 Å². The molecular formula is C41H59IO13. The number of alkyl halides is 1. The van der Waals surface area contributed by atoms with Gasteiger partial charge in [-0.25, -0.2) is 0 Å². The number of aliphatic hydroxyl groups is 3. The van der Waals surface area contributed by atoms with Crippen molar-refractivity contribution >= 4 is 28.6 Å². The number of hydrogen-bond donors (Lipinski definition) is 3. The molecule has 9 rings (SSSR count). The van der Waals surface area contributed by atoms with Gasteiger partial charge in [-0.3, -0.25) is 4.79 Å². The number of aliphatic hydroxyl groups excluding tert-OH is 3. The van der Waals surface area contributed by atoms with Crippen molar-refractivity contribution in [2.24, 2.45) is 11.8 Å². The first-order valence-corrected chi connectivity index (χ1v) is 22.1. The van der Waals surface area contributed by atoms with Crippen LogP contribution >= 0.6 is 22.6 Å². The predicted octanol–water partition coefficient (Wildman–Crippen LogP) is 3.59. The Morgan fingerprint density at radius 3 is 2.27 bits per heavy atom. The summed E-state index contributed by atoms with van der Waals surface area (Å²) in [7, 11) is 0. The summed E-state index contributed by atoms with van der Waals surface area (Å²) >= 11 is 2.36. The molecule has 21 atom stereocenters. The summed E-state index contributed by atoms with van der Waals surface area (Å²) in [4.78, 5) is 14.0. The quantitative estimate of drug-likeness (QED) is 0.152. The minimum Gasteiger partial charge on any atom is -0.459 e. The molecule has 9 heterocycles. The number of halogens is 1. The lowest BCUT2D eigenvalue weighted by molar-refractivity contribution is -0.279. The molecule has 10 bridgehead atoms. The smallest absolute Gasteiger partial charge is 0.308 e. The van der Waals surface area contributed by atoms with Crippen LogP contribution in [0.2, 0.25) is 0 Å². The molecule has 13 nitrogen and oxygen atoms in total. The normalized spacial score (nSPS) is 54.4. The lowest BCUT2D eigenvalue weighted by Gasteiger charge is -2.51. The average Bonchev–Trinajstić information content (AvgIpc) is 3.66. The third kappa shape index (κ3) is 7.53. The van der Waals surface area contributed by atoms with Crippen molar-refractivity contribution in [3.63, 3.8) is 0 Å². The highest BCUT2D eigenvalue weighted by Gasteiger charge is 2.63. The molecule has 0 aromatic heterocycles. The maximum atomic E-state index is 14.0. The predicted molar refractivity (Wildman–Crippen MR) is 203 cm³/mol. The van der Waals surface area contributed by atoms with Crippen LogP contribution in [0.4, 0.5) is 0 Å². The van der Waals surface area contributed by atoms with Gasteiger partial charge in [0.15, 0.2) is 5.79 Å². The van der Waals surface area contributed by atoms with Crippen LogP contribution in [0, 0.1) is 11.8 Å². The largest absolute Gasteiger partial charge is 0.459 e. The zero-order valence-electron chi connectivity index (χ0n) is 32.0. The lowest BCUT2D eigenvalue weighted by atomic mass is 9.79. The van der Waals surface area contributed by atoms with Gasteiger partial charge in [0.05, 0.1) is 84.1 Å². The molecule has 55 heavy (non-hydrogen) atoms. The summed E-state index contributed by atoms with van der Waals surface area (Å²) in [5.74, 6) is -1.46. The zero-order chi connectivity index (χ0) is 38.3. The van der Waals surface area contributed by atoms with Crippen molar-refractivity contribution in [2.75, 3.05) is 6.61 Å². The number of fused-ring (bicyclic) bond motifs is 10. The molecule has 0 aromatic rings. The van der Waals surface area contributed by atoms with Crippen LogP contribution in [0.5, 0.6) is 0 Å². The highest BCUT2D eigenvalue weighted by Crippen LogP contribution is 2.51. The van der Waals surface area contributed by atoms with Gasteiger partial charge in [-0.05, 0) is 62.0 Å². The highest BCUT2D eigenvalue weighted by molar-refractivity contribution is 14.1. The van der Waals surface area contributed by atoms with Crippen molar-refractivity contribution in [2.45, 2.75) is 204 Å². The third-order valence-electron chi connectivity index (χ3n) is 14.3. The fourth-order valence-electron chi connectivity index (χ4n) is 11.2. The molecule has 0 radical (unpaired) electrons. The van der Waals surface area contributed by atoms with Crippen LogP contribution < -0.4 is 0 Å². The fourth-order valence-corrected chi connectivity index (χ4v) is 12.3. The minimum absolute atomic E-state index is 0.0228. The first-order valence-electron chi connectivity index (χ1n) is 20.8. The summed E-state index contributed by atoms with van der Waals surface area (Å²) in [5.41, 5.74) is 2.08. The van der Waals surface area contributed by atoms with Crippen molar-refractivity contribution in [1.29, 1.82) is 0 Å². The second-order valence-corrected chi connectivity index (χ2v) is 19.4. The Balaban J connectivity index is 1.00. The number of carbonyl (C=O) groups excluding carboxylic acids is 1. The Bertz CT molecular complexity index is 1460. The molecule has 9 saturated heterocycles. The van der Waals surface area contributed by atoms with E-state index in [2.05, 4.69) is 42.7 Å². The Labute approximate surface area is 337 Å². The van der Waals surface area contributed by atoms with Crippen molar-refractivity contribution in [1.82, 2.24) is 0 Å². The van der Waals surface area contributed by atoms with E-state index in [4.69, 9.17) is 42.6 Å². The van der Waals surface area contributed by atoms with Crippen LogP contribution in [0.3, 0.4) is 0 Å². The summed E-state index contributed by atoms with van der Waals surface area (Å²) in [6, 6.07) is 0. The number of ether oxygens (including phenoxy) is 9. The van der Waals surface area contributed by atoms with E-state index in [0.717, 1.165) is 36.8 Å². The zero-order valence-corrected chi connectivity index (χ0v) is 34.1. The van der Waals surface area contributed by atoms with E-state index in [1.807, 2.05) is 6.92 Å². The molecule has 0 aliphatic carbocycles. The van der Waals surface area contributed by atoms with Gasteiger partial charge < -0.3 is 58.0 Å². The monoisotopic (exact) mass is 886 g/mol. The molecule has 14 heteroatoms. The standard InChI is InChI=1S/C41H59IO13/c1-18-11-22-5-7-27-19(2)12-24(47-27)9-10-41-16-26(45)37(54-41)39-34(42)40(55-41)38-28(51-39)8-6-23(49-38)13-33(46)53-36-21(4)35-30(14-25(44)32(17-43)52-35)50-31(36)15-29(48-22)20(18)3/h18,21-32,34-40,43-45H,2-3,5-17H2,1,4H3/t18-,21+,22+,23-,24+,25-,26-,27+,28+,29-,30+,31+,32-,34?,35+,36-,37?,38+,39-,40?,41+/m1/s1. The van der Waals surface area contributed by atoms with Crippen LogP contribution in [-0.4, -0.2) is 141 Å². The van der Waals surface area contributed by atoms with E-state index < -0.39 is 72.8 Å². The maximum absolute atomic E-state index is 14.0. The number of carbonyl (C=O) groups is 1. The molecule has 3 N–H and O–H groups in total. The molecule has 308 valence electrons. The van der Waals surface area contributed by atoms with E-state index >= 15 is 0 Å². The molecule has 0 aromatic carbocycles. The van der Waals surface area contributed by atoms with Crippen LogP contribution in [-0.2, 0) is 47.4 Å². The van der Waals surface area contributed by atoms with E-state index in [1.54, 1.807) is 0 Å². The minimum atomic E-state index is -1.00. The van der Waals surface area contributed by atoms with Gasteiger partial charge in [-0.1, -0.05) is 49.6 Å². The lowest BCUT2D eigenvalue weighted by Crippen LogP contribution is -2.63. The second-order valence-electron chi connectivity index (χ2n) is 18.0. The molecule has 1 spiro atoms. The topological polar surface area (TPSA) is 161 Å². The van der Waals surface area contributed by atoms with Crippen molar-refractivity contribution < 1.29 is 62.7 Å². The Morgan fingerprint density at radius 1 is 0.709 bits per heavy atom. The Morgan fingerprint density at radius 2 is 1.45 bits per heavy atom. The van der Waals surface area contributed by atoms with Gasteiger partial charge in [0.25, 0.3) is 0 Å². The van der Waals surface area contributed by atoms with Gasteiger partial charge in [-0.2, -0.15) is 0 Å². The van der Waals surface area contributed by atoms with E-state index in [-0.39, 0.29) is 71.5 Å². The molecular weight excluding hydrogens is 827 g/mol. The molecule has 9 fully saturated rings. The first-order chi connectivity index (χ1) is 26.4. The van der Waals surface area contributed by atoms with Gasteiger partial charge >= 0.3 is 5.97 Å².